The van der Waals surface area contributed by atoms with Gasteiger partial charge in [0, 0.05) is 66.5 Å². The molecule has 0 unspecified atom stereocenters. The Labute approximate surface area is 342 Å². The Hall–Kier alpha value is -6.06. The molecule has 0 saturated carbocycles. The number of anilines is 3. The van der Waals surface area contributed by atoms with Gasteiger partial charge in [0.05, 0.1) is 23.6 Å². The van der Waals surface area contributed by atoms with Crippen molar-refractivity contribution in [3.8, 4) is 0 Å². The van der Waals surface area contributed by atoms with E-state index in [9.17, 15) is 14.4 Å². The van der Waals surface area contributed by atoms with Crippen LogP contribution in [0, 0.1) is 0 Å². The number of carbonyl (C=O) groups is 3. The standard InChI is InChI=1S/C43H47N9O5S/c1-42(2,3)57-41(56)47-43(4)18-24-52(25-19-43)37-27-45-38(28-44-37)58-34-7-5-6-31(26-34)46-39(53)30-8-10-32(11-9-30)51-22-16-33(17-23-51)50-20-14-29(15-21-50)35-12-13-36(40(54)55)49-48-35/h5-14,18-19,24-28,33H,15-17,20-23H2,1-4H3,(H,46,53)(H,47,56)(H,54,55). The monoisotopic (exact) mass is 801 g/mol. The Morgan fingerprint density at radius 1 is 0.931 bits per heavy atom. The predicted molar refractivity (Wildman–Crippen MR) is 224 cm³/mol. The largest absolute Gasteiger partial charge is 0.476 e. The molecule has 300 valence electrons. The number of carboxylic acid groups (broad SMARTS) is 1. The van der Waals surface area contributed by atoms with Crippen LogP contribution in [-0.2, 0) is 4.74 Å². The maximum absolute atomic E-state index is 13.2. The van der Waals surface area contributed by atoms with Gasteiger partial charge >= 0.3 is 12.1 Å². The molecule has 58 heavy (non-hydrogen) atoms. The molecular weight excluding hydrogens is 755 g/mol. The lowest BCUT2D eigenvalue weighted by Crippen LogP contribution is -2.46. The normalized spacial score (nSPS) is 17.1. The second-order valence-electron chi connectivity index (χ2n) is 15.6. The molecule has 0 spiro atoms. The van der Waals surface area contributed by atoms with Gasteiger partial charge in [0.15, 0.2) is 11.5 Å². The number of rotatable bonds is 10. The first-order chi connectivity index (χ1) is 27.8. The van der Waals surface area contributed by atoms with Crippen LogP contribution in [0.4, 0.5) is 22.0 Å². The molecule has 2 aromatic heterocycles. The SMILES string of the molecule is CC1(NC(=O)OC(C)(C)C)C=CN(c2cnc(Sc3cccc(NC(=O)c4ccc(N5CCC(N6CC=C(c7ccc(C(=O)O)nn7)CC6)CC5)cc4)c3)cn2)C=C1. The molecule has 3 aliphatic heterocycles. The molecule has 1 fully saturated rings. The van der Waals surface area contributed by atoms with Crippen LogP contribution in [0.15, 0.2) is 114 Å². The average Bonchev–Trinajstić information content (AvgIpc) is 3.21. The van der Waals surface area contributed by atoms with Crippen molar-refractivity contribution < 1.29 is 24.2 Å². The number of ether oxygens (including phenoxy) is 1. The Morgan fingerprint density at radius 2 is 1.69 bits per heavy atom. The first kappa shape index (κ1) is 40.1. The van der Waals surface area contributed by atoms with Gasteiger partial charge < -0.3 is 30.3 Å². The van der Waals surface area contributed by atoms with Gasteiger partial charge in [-0.2, -0.15) is 5.10 Å². The number of aromatic carboxylic acids is 1. The molecule has 0 bridgehead atoms. The summed E-state index contributed by atoms with van der Waals surface area (Å²) < 4.78 is 5.39. The second-order valence-corrected chi connectivity index (χ2v) is 16.7. The molecule has 14 nitrogen and oxygen atoms in total. The maximum atomic E-state index is 13.2. The predicted octanol–water partition coefficient (Wildman–Crippen LogP) is 7.26. The van der Waals surface area contributed by atoms with Crippen molar-refractivity contribution in [3.05, 3.63) is 121 Å². The quantitative estimate of drug-likeness (QED) is 0.147. The van der Waals surface area contributed by atoms with Crippen molar-refractivity contribution in [1.29, 1.82) is 0 Å². The molecule has 2 amide bonds. The first-order valence-electron chi connectivity index (χ1n) is 19.2. The third-order valence-electron chi connectivity index (χ3n) is 10.1. The number of carbonyl (C=O) groups excluding carboxylic acids is 2. The summed E-state index contributed by atoms with van der Waals surface area (Å²) in [5, 5.41) is 23.6. The number of hydrogen-bond donors (Lipinski definition) is 3. The van der Waals surface area contributed by atoms with E-state index >= 15 is 0 Å². The van der Waals surface area contributed by atoms with Crippen molar-refractivity contribution in [2.45, 2.75) is 74.1 Å². The van der Waals surface area contributed by atoms with Crippen molar-refractivity contribution >= 4 is 52.5 Å². The third-order valence-corrected chi connectivity index (χ3v) is 11.0. The van der Waals surface area contributed by atoms with E-state index in [1.54, 1.807) is 18.5 Å². The van der Waals surface area contributed by atoms with Crippen molar-refractivity contribution in [3.63, 3.8) is 0 Å². The van der Waals surface area contributed by atoms with Crippen LogP contribution in [0.2, 0.25) is 0 Å². The number of nitrogens with zero attached hydrogens (tertiary/aromatic N) is 7. The van der Waals surface area contributed by atoms with Crippen LogP contribution in [-0.4, -0.2) is 91.5 Å². The van der Waals surface area contributed by atoms with Gasteiger partial charge in [-0.3, -0.25) is 9.69 Å². The van der Waals surface area contributed by atoms with Crippen molar-refractivity contribution in [2.24, 2.45) is 0 Å². The fraction of sp³-hybridized carbons (Fsp3) is 0.326. The molecule has 0 atom stereocenters. The topological polar surface area (TPSA) is 166 Å². The molecule has 15 heteroatoms. The molecule has 3 N–H and O–H groups in total. The third kappa shape index (κ3) is 10.3. The van der Waals surface area contributed by atoms with Gasteiger partial charge in [0.25, 0.3) is 5.91 Å². The molecule has 0 aliphatic carbocycles. The maximum Gasteiger partial charge on any atom is 0.408 e. The average molecular weight is 802 g/mol. The van der Waals surface area contributed by atoms with Crippen LogP contribution in [0.25, 0.3) is 5.57 Å². The first-order valence-corrected chi connectivity index (χ1v) is 20.1. The van der Waals surface area contributed by atoms with Gasteiger partial charge in [0.1, 0.15) is 10.6 Å². The minimum absolute atomic E-state index is 0.0487. The van der Waals surface area contributed by atoms with Crippen molar-refractivity contribution in [2.75, 3.05) is 41.3 Å². The van der Waals surface area contributed by atoms with Gasteiger partial charge in [0.2, 0.25) is 0 Å². The lowest BCUT2D eigenvalue weighted by molar-refractivity contribution is 0.0498. The van der Waals surface area contributed by atoms with Crippen LogP contribution in [0.1, 0.15) is 73.5 Å². The van der Waals surface area contributed by atoms with Gasteiger partial charge in [-0.25, -0.2) is 19.6 Å². The molecule has 2 aromatic carbocycles. The zero-order valence-corrected chi connectivity index (χ0v) is 33.8. The Bertz CT molecular complexity index is 2200. The molecule has 7 rings (SSSR count). The lowest BCUT2D eigenvalue weighted by atomic mass is 9.98. The summed E-state index contributed by atoms with van der Waals surface area (Å²) in [4.78, 5) is 53.4. The highest BCUT2D eigenvalue weighted by Crippen LogP contribution is 2.30. The highest BCUT2D eigenvalue weighted by molar-refractivity contribution is 7.99. The van der Waals surface area contributed by atoms with E-state index in [0.29, 0.717) is 28.1 Å². The highest BCUT2D eigenvalue weighted by Gasteiger charge is 2.28. The fourth-order valence-electron chi connectivity index (χ4n) is 6.97. The van der Waals surface area contributed by atoms with E-state index in [4.69, 9.17) is 9.84 Å². The van der Waals surface area contributed by atoms with Crippen LogP contribution < -0.4 is 20.4 Å². The minimum Gasteiger partial charge on any atom is -0.476 e. The Kier molecular flexibility index (Phi) is 11.9. The number of amides is 2. The molecular formula is C43H47N9O5S. The van der Waals surface area contributed by atoms with E-state index in [1.165, 1.54) is 17.8 Å². The van der Waals surface area contributed by atoms with Gasteiger partial charge in [-0.05, 0) is 119 Å². The van der Waals surface area contributed by atoms with E-state index in [-0.39, 0.29) is 11.6 Å². The summed E-state index contributed by atoms with van der Waals surface area (Å²) >= 11 is 1.44. The highest BCUT2D eigenvalue weighted by atomic mass is 32.2. The zero-order valence-electron chi connectivity index (χ0n) is 33.0. The number of hydrogen-bond acceptors (Lipinski definition) is 12. The van der Waals surface area contributed by atoms with Gasteiger partial charge in [-0.15, -0.1) is 5.10 Å². The number of piperidine rings is 1. The van der Waals surface area contributed by atoms with E-state index in [2.05, 4.69) is 46.7 Å². The number of alkyl carbamates (subject to hydrolysis) is 1. The second kappa shape index (κ2) is 17.2. The summed E-state index contributed by atoms with van der Waals surface area (Å²) in [7, 11) is 0. The molecule has 5 heterocycles. The van der Waals surface area contributed by atoms with E-state index < -0.39 is 23.2 Å². The number of benzene rings is 2. The smallest absolute Gasteiger partial charge is 0.408 e. The lowest BCUT2D eigenvalue weighted by Gasteiger charge is -2.40. The number of nitrogens with one attached hydrogen (secondary N) is 2. The summed E-state index contributed by atoms with van der Waals surface area (Å²) in [5.41, 5.74) is 2.88. The summed E-state index contributed by atoms with van der Waals surface area (Å²) in [6, 6.07) is 19.2. The van der Waals surface area contributed by atoms with Crippen molar-refractivity contribution in [1.82, 2.24) is 30.4 Å². The van der Waals surface area contributed by atoms with Gasteiger partial charge in [-0.1, -0.05) is 23.9 Å². The molecule has 0 radical (unpaired) electrons. The fourth-order valence-corrected chi connectivity index (χ4v) is 7.76. The minimum atomic E-state index is -1.08. The molecule has 4 aromatic rings. The Balaban J connectivity index is 0.865. The number of carboxylic acids is 1. The van der Waals surface area contributed by atoms with E-state index in [0.717, 1.165) is 67.3 Å². The summed E-state index contributed by atoms with van der Waals surface area (Å²) in [6.07, 6.45) is 15.4. The number of aromatic nitrogens is 4. The Morgan fingerprint density at radius 3 is 2.31 bits per heavy atom. The molecule has 3 aliphatic rings. The summed E-state index contributed by atoms with van der Waals surface area (Å²) in [5.74, 6) is -0.634. The van der Waals surface area contributed by atoms with Crippen LogP contribution in [0.5, 0.6) is 0 Å². The zero-order chi connectivity index (χ0) is 40.9. The molecule has 1 saturated heterocycles. The van der Waals surface area contributed by atoms with Crippen LogP contribution in [0.3, 0.4) is 0 Å². The summed E-state index contributed by atoms with van der Waals surface area (Å²) in [6.45, 7) is 11.0. The van der Waals surface area contributed by atoms with Crippen LogP contribution >= 0.6 is 11.8 Å². The van der Waals surface area contributed by atoms with E-state index in [1.807, 2.05) is 106 Å².